The molecular formula is C13H10BrFN2OS. The predicted octanol–water partition coefficient (Wildman–Crippen LogP) is 3.83. The van der Waals surface area contributed by atoms with Gasteiger partial charge in [0, 0.05) is 19.8 Å². The van der Waals surface area contributed by atoms with Gasteiger partial charge in [0.05, 0.1) is 0 Å². The Morgan fingerprint density at radius 1 is 1.26 bits per heavy atom. The zero-order valence-corrected chi connectivity index (χ0v) is 12.1. The van der Waals surface area contributed by atoms with Crippen LogP contribution < -0.4 is 5.73 Å². The average Bonchev–Trinajstić information content (AvgIpc) is 2.41. The summed E-state index contributed by atoms with van der Waals surface area (Å²) in [6, 6.07) is 11.9. The monoisotopic (exact) mass is 340 g/mol. The first-order valence-electron chi connectivity index (χ1n) is 5.31. The lowest BCUT2D eigenvalue weighted by Crippen LogP contribution is -2.13. The van der Waals surface area contributed by atoms with Crippen molar-refractivity contribution in [2.45, 2.75) is 9.79 Å². The van der Waals surface area contributed by atoms with Crippen molar-refractivity contribution < 1.29 is 9.60 Å². The highest BCUT2D eigenvalue weighted by atomic mass is 79.9. The molecule has 3 nitrogen and oxygen atoms in total. The second kappa shape index (κ2) is 6.08. The molecule has 2 aromatic rings. The van der Waals surface area contributed by atoms with Crippen molar-refractivity contribution in [2.75, 3.05) is 0 Å². The molecule has 0 aliphatic carbocycles. The van der Waals surface area contributed by atoms with Crippen LogP contribution in [-0.4, -0.2) is 11.0 Å². The first kappa shape index (κ1) is 13.9. The van der Waals surface area contributed by atoms with Crippen LogP contribution in [0, 0.1) is 5.82 Å². The number of halogens is 2. The van der Waals surface area contributed by atoms with Crippen LogP contribution in [-0.2, 0) is 0 Å². The van der Waals surface area contributed by atoms with Crippen LogP contribution in [0.25, 0.3) is 0 Å². The molecule has 19 heavy (non-hydrogen) atoms. The number of oxime groups is 1. The smallest absolute Gasteiger partial charge is 0.171 e. The number of benzene rings is 2. The molecule has 0 fully saturated rings. The van der Waals surface area contributed by atoms with Crippen molar-refractivity contribution in [2.24, 2.45) is 10.9 Å². The lowest BCUT2D eigenvalue weighted by molar-refractivity contribution is 0.318. The maximum absolute atomic E-state index is 13.5. The van der Waals surface area contributed by atoms with Gasteiger partial charge in [0.2, 0.25) is 0 Å². The van der Waals surface area contributed by atoms with E-state index in [-0.39, 0.29) is 11.7 Å². The number of hydrogen-bond donors (Lipinski definition) is 2. The van der Waals surface area contributed by atoms with Gasteiger partial charge in [0.25, 0.3) is 0 Å². The molecular weight excluding hydrogens is 331 g/mol. The van der Waals surface area contributed by atoms with Gasteiger partial charge in [-0.25, -0.2) is 4.39 Å². The first-order valence-corrected chi connectivity index (χ1v) is 6.92. The fraction of sp³-hybridized carbons (Fsp3) is 0. The maximum atomic E-state index is 13.5. The summed E-state index contributed by atoms with van der Waals surface area (Å²) in [6.45, 7) is 0. The molecule has 0 spiro atoms. The normalized spacial score (nSPS) is 11.6. The molecule has 0 aromatic heterocycles. The second-order valence-electron chi connectivity index (χ2n) is 3.66. The molecule has 0 saturated carbocycles. The van der Waals surface area contributed by atoms with E-state index in [0.29, 0.717) is 14.9 Å². The Morgan fingerprint density at radius 2 is 2.00 bits per heavy atom. The minimum atomic E-state index is -0.260. The van der Waals surface area contributed by atoms with E-state index in [1.165, 1.54) is 17.8 Å². The Morgan fingerprint density at radius 3 is 2.63 bits per heavy atom. The van der Waals surface area contributed by atoms with E-state index in [1.807, 2.05) is 0 Å². The molecule has 0 bridgehead atoms. The van der Waals surface area contributed by atoms with Crippen molar-refractivity contribution in [3.8, 4) is 0 Å². The molecule has 3 N–H and O–H groups in total. The Labute approximate surface area is 122 Å². The summed E-state index contributed by atoms with van der Waals surface area (Å²) in [5, 5.41) is 11.6. The largest absolute Gasteiger partial charge is 0.409 e. The Bertz CT molecular complexity index is 634. The van der Waals surface area contributed by atoms with E-state index >= 15 is 0 Å². The lowest BCUT2D eigenvalue weighted by Gasteiger charge is -2.06. The second-order valence-corrected chi connectivity index (χ2v) is 5.63. The number of amidine groups is 1. The average molecular weight is 341 g/mol. The maximum Gasteiger partial charge on any atom is 0.171 e. The van der Waals surface area contributed by atoms with Gasteiger partial charge in [0.1, 0.15) is 5.82 Å². The van der Waals surface area contributed by atoms with Gasteiger partial charge < -0.3 is 10.9 Å². The van der Waals surface area contributed by atoms with E-state index in [4.69, 9.17) is 10.9 Å². The fourth-order valence-electron chi connectivity index (χ4n) is 1.48. The molecule has 0 atom stereocenters. The summed E-state index contributed by atoms with van der Waals surface area (Å²) in [5.74, 6) is -0.238. The zero-order valence-electron chi connectivity index (χ0n) is 9.68. The number of nitrogens with zero attached hydrogens (tertiary/aromatic N) is 1. The summed E-state index contributed by atoms with van der Waals surface area (Å²) < 4.78 is 14.2. The summed E-state index contributed by atoms with van der Waals surface area (Å²) in [5.41, 5.74) is 6.11. The van der Waals surface area contributed by atoms with Crippen molar-refractivity contribution >= 4 is 33.5 Å². The molecule has 98 valence electrons. The van der Waals surface area contributed by atoms with Crippen LogP contribution in [0.1, 0.15) is 5.56 Å². The van der Waals surface area contributed by atoms with E-state index in [9.17, 15) is 4.39 Å². The van der Waals surface area contributed by atoms with Crippen LogP contribution in [0.4, 0.5) is 4.39 Å². The Kier molecular flexibility index (Phi) is 4.44. The minimum absolute atomic E-state index is 0.0225. The van der Waals surface area contributed by atoms with Crippen molar-refractivity contribution in [3.05, 3.63) is 58.3 Å². The molecule has 0 radical (unpaired) electrons. The molecule has 0 heterocycles. The van der Waals surface area contributed by atoms with Gasteiger partial charge in [-0.2, -0.15) is 0 Å². The van der Waals surface area contributed by atoms with Gasteiger partial charge in [0.15, 0.2) is 5.84 Å². The van der Waals surface area contributed by atoms with E-state index in [1.54, 1.807) is 36.4 Å². The molecule has 2 rings (SSSR count). The Hall–Kier alpha value is -1.53. The molecule has 0 saturated heterocycles. The van der Waals surface area contributed by atoms with Gasteiger partial charge in [-0.3, -0.25) is 0 Å². The third-order valence-electron chi connectivity index (χ3n) is 2.39. The molecule has 6 heteroatoms. The number of nitrogens with two attached hydrogens (primary N) is 1. The summed E-state index contributed by atoms with van der Waals surface area (Å²) in [4.78, 5) is 1.40. The van der Waals surface area contributed by atoms with Gasteiger partial charge >= 0.3 is 0 Å². The van der Waals surface area contributed by atoms with Crippen LogP contribution in [0.5, 0.6) is 0 Å². The molecule has 0 aliphatic heterocycles. The Balaban J connectivity index is 2.29. The third kappa shape index (κ3) is 3.27. The van der Waals surface area contributed by atoms with Crippen LogP contribution in [0.2, 0.25) is 0 Å². The highest BCUT2D eigenvalue weighted by Crippen LogP contribution is 2.32. The van der Waals surface area contributed by atoms with Gasteiger partial charge in [-0.15, -0.1) is 0 Å². The van der Waals surface area contributed by atoms with Crippen LogP contribution >= 0.6 is 27.7 Å². The quantitative estimate of drug-likeness (QED) is 0.386. The topological polar surface area (TPSA) is 58.6 Å². The highest BCUT2D eigenvalue weighted by molar-refractivity contribution is 9.10. The summed E-state index contributed by atoms with van der Waals surface area (Å²) in [6.07, 6.45) is 0. The van der Waals surface area contributed by atoms with Crippen LogP contribution in [0.3, 0.4) is 0 Å². The SMILES string of the molecule is N/C(=N/O)c1ccc(Sc2ccccc2F)cc1Br. The molecule has 2 aromatic carbocycles. The van der Waals surface area contributed by atoms with Gasteiger partial charge in [-0.1, -0.05) is 29.1 Å². The third-order valence-corrected chi connectivity index (χ3v) is 4.09. The lowest BCUT2D eigenvalue weighted by atomic mass is 10.2. The predicted molar refractivity (Wildman–Crippen MR) is 77.2 cm³/mol. The van der Waals surface area contributed by atoms with E-state index in [2.05, 4.69) is 21.1 Å². The minimum Gasteiger partial charge on any atom is -0.409 e. The van der Waals surface area contributed by atoms with E-state index < -0.39 is 0 Å². The fourth-order valence-corrected chi connectivity index (χ4v) is 3.09. The molecule has 0 aliphatic rings. The molecule has 0 amide bonds. The standard InChI is InChI=1S/C13H10BrFN2OS/c14-10-7-8(5-6-9(10)13(16)17-18)19-12-4-2-1-3-11(12)15/h1-7,18H,(H2,16,17). The first-order chi connectivity index (χ1) is 9.11. The van der Waals surface area contributed by atoms with Crippen molar-refractivity contribution in [1.29, 1.82) is 0 Å². The summed E-state index contributed by atoms with van der Waals surface area (Å²) in [7, 11) is 0. The highest BCUT2D eigenvalue weighted by Gasteiger charge is 2.08. The summed E-state index contributed by atoms with van der Waals surface area (Å²) >= 11 is 4.65. The van der Waals surface area contributed by atoms with Crippen molar-refractivity contribution in [1.82, 2.24) is 0 Å². The van der Waals surface area contributed by atoms with E-state index in [0.717, 1.165) is 4.90 Å². The van der Waals surface area contributed by atoms with Gasteiger partial charge in [-0.05, 0) is 46.3 Å². The molecule has 0 unspecified atom stereocenters. The van der Waals surface area contributed by atoms with Crippen LogP contribution in [0.15, 0.2) is 61.9 Å². The zero-order chi connectivity index (χ0) is 13.8. The van der Waals surface area contributed by atoms with Crippen molar-refractivity contribution in [3.63, 3.8) is 0 Å². The number of rotatable bonds is 3. The number of hydrogen-bond acceptors (Lipinski definition) is 3.